The molecular formula is C21H25N3O4S. The molecule has 0 spiro atoms. The molecule has 0 aliphatic rings. The van der Waals surface area contributed by atoms with Gasteiger partial charge in [-0.25, -0.2) is 9.78 Å². The van der Waals surface area contributed by atoms with Gasteiger partial charge in [0.05, 0.1) is 18.5 Å². The maximum atomic E-state index is 12.6. The highest BCUT2D eigenvalue weighted by Crippen LogP contribution is 2.27. The van der Waals surface area contributed by atoms with Gasteiger partial charge in [0, 0.05) is 13.7 Å². The molecule has 1 aromatic carbocycles. The molecule has 0 radical (unpaired) electrons. The van der Waals surface area contributed by atoms with E-state index < -0.39 is 5.97 Å². The van der Waals surface area contributed by atoms with Crippen LogP contribution in [0.2, 0.25) is 0 Å². The maximum absolute atomic E-state index is 12.6. The Morgan fingerprint density at radius 2 is 1.90 bits per heavy atom. The molecule has 29 heavy (non-hydrogen) atoms. The van der Waals surface area contributed by atoms with Gasteiger partial charge in [0.2, 0.25) is 0 Å². The number of benzene rings is 1. The van der Waals surface area contributed by atoms with Crippen molar-refractivity contribution in [3.63, 3.8) is 0 Å². The normalized spacial score (nSPS) is 11.3. The number of fused-ring (bicyclic) bond motifs is 1. The van der Waals surface area contributed by atoms with Gasteiger partial charge in [0.25, 0.3) is 5.56 Å². The van der Waals surface area contributed by atoms with Gasteiger partial charge in [0.1, 0.15) is 22.1 Å². The molecule has 0 aliphatic heterocycles. The number of hydrogen-bond donors (Lipinski definition) is 1. The van der Waals surface area contributed by atoms with E-state index in [0.717, 1.165) is 6.54 Å². The van der Waals surface area contributed by atoms with Gasteiger partial charge >= 0.3 is 5.97 Å². The first-order valence-electron chi connectivity index (χ1n) is 9.31. The molecule has 0 unspecified atom stereocenters. The van der Waals surface area contributed by atoms with Crippen molar-refractivity contribution in [1.82, 2.24) is 14.9 Å². The number of nitrogens with one attached hydrogen (secondary N) is 1. The van der Waals surface area contributed by atoms with E-state index in [2.05, 4.69) is 46.1 Å². The summed E-state index contributed by atoms with van der Waals surface area (Å²) in [5.41, 5.74) is 2.77. The second-order valence-electron chi connectivity index (χ2n) is 7.04. The molecule has 0 saturated heterocycles. The summed E-state index contributed by atoms with van der Waals surface area (Å²) in [6.45, 7) is 5.52. The van der Waals surface area contributed by atoms with Gasteiger partial charge in [-0.05, 0) is 32.0 Å². The molecule has 154 valence electrons. The first-order chi connectivity index (χ1) is 13.9. The summed E-state index contributed by atoms with van der Waals surface area (Å²) >= 11 is 1.19. The summed E-state index contributed by atoms with van der Waals surface area (Å²) in [5.74, 6) is 0.109. The second-order valence-corrected chi connectivity index (χ2v) is 8.03. The fraction of sp³-hybridized carbons (Fsp3) is 0.381. The van der Waals surface area contributed by atoms with Crippen molar-refractivity contribution < 1.29 is 14.3 Å². The highest BCUT2D eigenvalue weighted by Gasteiger charge is 2.20. The summed E-state index contributed by atoms with van der Waals surface area (Å²) < 4.78 is 10.1. The van der Waals surface area contributed by atoms with Crippen molar-refractivity contribution in [2.45, 2.75) is 26.9 Å². The molecule has 2 aromatic heterocycles. The predicted molar refractivity (Wildman–Crippen MR) is 113 cm³/mol. The van der Waals surface area contributed by atoms with E-state index >= 15 is 0 Å². The number of H-pyrrole nitrogens is 1. The van der Waals surface area contributed by atoms with Crippen LogP contribution in [0.5, 0.6) is 0 Å². The Balaban J connectivity index is 1.78. The summed E-state index contributed by atoms with van der Waals surface area (Å²) in [4.78, 5) is 35.4. The van der Waals surface area contributed by atoms with Crippen molar-refractivity contribution in [3.8, 4) is 0 Å². The van der Waals surface area contributed by atoms with Gasteiger partial charge in [-0.15, -0.1) is 11.3 Å². The van der Waals surface area contributed by atoms with Gasteiger partial charge in [-0.3, -0.25) is 9.69 Å². The summed E-state index contributed by atoms with van der Waals surface area (Å²) in [6, 6.07) is 8.35. The van der Waals surface area contributed by atoms with Crippen LogP contribution in [0.1, 0.15) is 32.2 Å². The number of ether oxygens (including phenoxy) is 2. The average molecular weight is 416 g/mol. The lowest BCUT2D eigenvalue weighted by Gasteiger charge is -2.16. The quantitative estimate of drug-likeness (QED) is 0.450. The molecule has 3 rings (SSSR count). The number of nitrogens with zero attached hydrogens (tertiary/aromatic N) is 2. The summed E-state index contributed by atoms with van der Waals surface area (Å²) in [5, 5.41) is 0.443. The second kappa shape index (κ2) is 9.30. The Bertz CT molecular complexity index is 1060. The zero-order valence-electron chi connectivity index (χ0n) is 17.1. The number of hydrogen-bond acceptors (Lipinski definition) is 7. The van der Waals surface area contributed by atoms with E-state index in [-0.39, 0.29) is 12.2 Å². The van der Waals surface area contributed by atoms with Crippen LogP contribution in [-0.2, 0) is 22.6 Å². The van der Waals surface area contributed by atoms with E-state index in [4.69, 9.17) is 9.47 Å². The SMILES string of the molecule is COCCOC(=O)c1sc2nc(CN(C)Cc3ccc(C)cc3)[nH]c(=O)c2c1C. The van der Waals surface area contributed by atoms with Gasteiger partial charge in [0.15, 0.2) is 0 Å². The number of carbonyl (C=O) groups excluding carboxylic acids is 1. The van der Waals surface area contributed by atoms with E-state index in [1.165, 1.54) is 22.5 Å². The van der Waals surface area contributed by atoms with Crippen LogP contribution in [0, 0.1) is 13.8 Å². The highest BCUT2D eigenvalue weighted by molar-refractivity contribution is 7.20. The van der Waals surface area contributed by atoms with E-state index in [1.54, 1.807) is 14.0 Å². The Morgan fingerprint density at radius 3 is 2.59 bits per heavy atom. The molecule has 3 aromatic rings. The molecular weight excluding hydrogens is 390 g/mol. The standard InChI is InChI=1S/C21H25N3O4S/c1-13-5-7-15(8-6-13)11-24(3)12-16-22-19(25)17-14(2)18(29-20(17)23-16)21(26)28-10-9-27-4/h5-8H,9-12H2,1-4H3,(H,22,23,25). The predicted octanol–water partition coefficient (Wildman–Crippen LogP) is 3.04. The molecule has 0 amide bonds. The third-order valence-electron chi connectivity index (χ3n) is 4.55. The van der Waals surface area contributed by atoms with E-state index in [9.17, 15) is 9.59 Å². The number of methoxy groups -OCH3 is 1. The lowest BCUT2D eigenvalue weighted by molar-refractivity contribution is 0.0393. The Labute approximate surface area is 173 Å². The van der Waals surface area contributed by atoms with Crippen LogP contribution in [0.3, 0.4) is 0 Å². The van der Waals surface area contributed by atoms with Crippen LogP contribution < -0.4 is 5.56 Å². The van der Waals surface area contributed by atoms with Gasteiger partial charge < -0.3 is 14.5 Å². The van der Waals surface area contributed by atoms with Crippen LogP contribution in [0.15, 0.2) is 29.1 Å². The largest absolute Gasteiger partial charge is 0.459 e. The minimum absolute atomic E-state index is 0.169. The van der Waals surface area contributed by atoms with Crippen LogP contribution in [0.4, 0.5) is 0 Å². The van der Waals surface area contributed by atoms with Crippen LogP contribution in [0.25, 0.3) is 10.2 Å². The van der Waals surface area contributed by atoms with Crippen molar-refractivity contribution in [1.29, 1.82) is 0 Å². The topological polar surface area (TPSA) is 84.5 Å². The zero-order chi connectivity index (χ0) is 21.0. The summed E-state index contributed by atoms with van der Waals surface area (Å²) in [6.07, 6.45) is 0. The number of aromatic nitrogens is 2. The van der Waals surface area contributed by atoms with Crippen molar-refractivity contribution in [3.05, 3.63) is 62.0 Å². The molecule has 8 heteroatoms. The number of aromatic amines is 1. The monoisotopic (exact) mass is 415 g/mol. The van der Waals surface area contributed by atoms with Crippen molar-refractivity contribution in [2.75, 3.05) is 27.4 Å². The van der Waals surface area contributed by atoms with Crippen LogP contribution in [-0.4, -0.2) is 48.2 Å². The number of carbonyl (C=O) groups is 1. The third kappa shape index (κ3) is 5.09. The van der Waals surface area contributed by atoms with Gasteiger partial charge in [-0.1, -0.05) is 29.8 Å². The van der Waals surface area contributed by atoms with Crippen LogP contribution >= 0.6 is 11.3 Å². The summed E-state index contributed by atoms with van der Waals surface area (Å²) in [7, 11) is 3.52. The molecule has 0 saturated carbocycles. The van der Waals surface area contributed by atoms with Gasteiger partial charge in [-0.2, -0.15) is 0 Å². The number of thiophene rings is 1. The zero-order valence-corrected chi connectivity index (χ0v) is 17.9. The lowest BCUT2D eigenvalue weighted by Crippen LogP contribution is -2.21. The number of aryl methyl sites for hydroxylation is 2. The first kappa shape index (κ1) is 21.2. The smallest absolute Gasteiger partial charge is 0.348 e. The fourth-order valence-electron chi connectivity index (χ4n) is 3.06. The maximum Gasteiger partial charge on any atom is 0.348 e. The van der Waals surface area contributed by atoms with E-state index in [0.29, 0.717) is 39.6 Å². The Hall–Kier alpha value is -2.55. The minimum atomic E-state index is -0.458. The highest BCUT2D eigenvalue weighted by atomic mass is 32.1. The number of esters is 1. The molecule has 2 heterocycles. The van der Waals surface area contributed by atoms with E-state index in [1.807, 2.05) is 7.05 Å². The molecule has 7 nitrogen and oxygen atoms in total. The molecule has 0 atom stereocenters. The van der Waals surface area contributed by atoms with Crippen molar-refractivity contribution in [2.24, 2.45) is 0 Å². The molecule has 1 N–H and O–H groups in total. The molecule has 0 aliphatic carbocycles. The Morgan fingerprint density at radius 1 is 1.17 bits per heavy atom. The number of rotatable bonds is 8. The third-order valence-corrected chi connectivity index (χ3v) is 5.71. The first-order valence-corrected chi connectivity index (χ1v) is 10.1. The van der Waals surface area contributed by atoms with Crippen molar-refractivity contribution >= 4 is 27.5 Å². The lowest BCUT2D eigenvalue weighted by atomic mass is 10.1. The molecule has 0 bridgehead atoms. The molecule has 0 fully saturated rings. The minimum Gasteiger partial charge on any atom is -0.459 e. The average Bonchev–Trinajstić information content (AvgIpc) is 3.00. The Kier molecular flexibility index (Phi) is 6.79. The fourth-order valence-corrected chi connectivity index (χ4v) is 4.15.